The minimum atomic E-state index is -0.314. The van der Waals surface area contributed by atoms with Gasteiger partial charge in [0.2, 0.25) is 5.95 Å². The summed E-state index contributed by atoms with van der Waals surface area (Å²) in [6.45, 7) is 1.80. The Hall–Kier alpha value is -1.73. The lowest BCUT2D eigenvalue weighted by molar-refractivity contribution is 0.0481. The van der Waals surface area contributed by atoms with Gasteiger partial charge in [0.15, 0.2) is 0 Å². The molecule has 2 rings (SSSR count). The summed E-state index contributed by atoms with van der Waals surface area (Å²) in [7, 11) is 0. The first-order valence-corrected chi connectivity index (χ1v) is 6.69. The molecule has 1 aliphatic rings. The molecule has 0 unspecified atom stereocenters. The van der Waals surface area contributed by atoms with Crippen LogP contribution in [0.3, 0.4) is 0 Å². The van der Waals surface area contributed by atoms with Crippen molar-refractivity contribution in [2.24, 2.45) is 11.1 Å². The molecule has 0 bridgehead atoms. The highest BCUT2D eigenvalue weighted by atomic mass is 16.6. The van der Waals surface area contributed by atoms with Crippen LogP contribution in [0.25, 0.3) is 0 Å². The molecule has 7 heteroatoms. The van der Waals surface area contributed by atoms with Crippen LogP contribution in [0.15, 0.2) is 5.16 Å². The zero-order valence-electron chi connectivity index (χ0n) is 11.5. The first-order valence-electron chi connectivity index (χ1n) is 6.69. The Morgan fingerprint density at radius 3 is 2.75 bits per heavy atom. The van der Waals surface area contributed by atoms with E-state index in [9.17, 15) is 0 Å². The van der Waals surface area contributed by atoms with E-state index in [1.807, 2.05) is 6.92 Å². The molecule has 1 aromatic rings. The van der Waals surface area contributed by atoms with Gasteiger partial charge in [-0.15, -0.1) is 0 Å². The number of aromatic nitrogens is 2. The van der Waals surface area contributed by atoms with Crippen molar-refractivity contribution in [1.82, 2.24) is 9.97 Å². The Kier molecular flexibility index (Phi) is 4.86. The van der Waals surface area contributed by atoms with Crippen molar-refractivity contribution in [3.8, 4) is 0 Å². The lowest BCUT2D eigenvalue weighted by Crippen LogP contribution is -2.20. The second kappa shape index (κ2) is 6.62. The van der Waals surface area contributed by atoms with E-state index in [1.165, 1.54) is 0 Å². The number of aliphatic hydroxyl groups is 2. The number of nitrogens with zero attached hydrogens (tertiary/aromatic N) is 3. The van der Waals surface area contributed by atoms with E-state index in [0.29, 0.717) is 0 Å². The summed E-state index contributed by atoms with van der Waals surface area (Å²) in [5.41, 5.74) is 9.08. The molecule has 0 saturated carbocycles. The topological polar surface area (TPSA) is 114 Å². The van der Waals surface area contributed by atoms with Crippen molar-refractivity contribution in [3.05, 3.63) is 17.0 Å². The predicted molar refractivity (Wildman–Crippen MR) is 74.3 cm³/mol. The summed E-state index contributed by atoms with van der Waals surface area (Å²) in [4.78, 5) is 13.7. The first kappa shape index (κ1) is 14.7. The largest absolute Gasteiger partial charge is 0.396 e. The monoisotopic (exact) mass is 280 g/mol. The molecule has 0 saturated heterocycles. The maximum atomic E-state index is 8.97. The lowest BCUT2D eigenvalue weighted by atomic mass is 9.93. The molecular formula is C13H20N4O3. The van der Waals surface area contributed by atoms with Gasteiger partial charge in [0.25, 0.3) is 0 Å². The fourth-order valence-corrected chi connectivity index (χ4v) is 2.24. The number of nitrogen functional groups attached to an aromatic ring is 1. The number of aliphatic hydroxyl groups excluding tert-OH is 2. The summed E-state index contributed by atoms with van der Waals surface area (Å²) in [6, 6.07) is 0. The molecule has 0 amide bonds. The minimum absolute atomic E-state index is 0.128. The maximum absolute atomic E-state index is 8.97. The number of hydrogen-bond acceptors (Lipinski definition) is 7. The molecule has 4 N–H and O–H groups in total. The van der Waals surface area contributed by atoms with Crippen LogP contribution in [0, 0.1) is 12.8 Å². The Balaban J connectivity index is 2.16. The Morgan fingerprint density at radius 1 is 1.30 bits per heavy atom. The molecular weight excluding hydrogens is 260 g/mol. The van der Waals surface area contributed by atoms with Crippen LogP contribution in [-0.4, -0.2) is 45.7 Å². The number of fused-ring (bicyclic) bond motifs is 1. The van der Waals surface area contributed by atoms with Gasteiger partial charge in [-0.2, -0.15) is 0 Å². The van der Waals surface area contributed by atoms with Gasteiger partial charge >= 0.3 is 0 Å². The second-order valence-electron chi connectivity index (χ2n) is 4.91. The van der Waals surface area contributed by atoms with Crippen LogP contribution in [-0.2, 0) is 11.3 Å². The van der Waals surface area contributed by atoms with Crippen molar-refractivity contribution < 1.29 is 15.1 Å². The van der Waals surface area contributed by atoms with E-state index >= 15 is 0 Å². The summed E-state index contributed by atoms with van der Waals surface area (Å²) in [6.07, 6.45) is 2.59. The van der Waals surface area contributed by atoms with Crippen LogP contribution in [0.5, 0.6) is 0 Å². The van der Waals surface area contributed by atoms with Crippen molar-refractivity contribution in [1.29, 1.82) is 0 Å². The van der Waals surface area contributed by atoms with Crippen LogP contribution in [0.4, 0.5) is 5.95 Å². The van der Waals surface area contributed by atoms with E-state index < -0.39 is 0 Å². The normalized spacial score (nSPS) is 16.5. The zero-order valence-corrected chi connectivity index (χ0v) is 11.5. The smallest absolute Gasteiger partial charge is 0.220 e. The molecule has 0 radical (unpaired) electrons. The van der Waals surface area contributed by atoms with Crippen LogP contribution < -0.4 is 5.73 Å². The summed E-state index contributed by atoms with van der Waals surface area (Å²) in [5, 5.41) is 22.1. The summed E-state index contributed by atoms with van der Waals surface area (Å²) >= 11 is 0. The molecule has 110 valence electrons. The predicted octanol–water partition coefficient (Wildman–Crippen LogP) is 0.0250. The van der Waals surface area contributed by atoms with Crippen LogP contribution >= 0.6 is 0 Å². The van der Waals surface area contributed by atoms with Gasteiger partial charge in [0, 0.05) is 11.5 Å². The average molecular weight is 280 g/mol. The van der Waals surface area contributed by atoms with Gasteiger partial charge in [0.1, 0.15) is 6.61 Å². The maximum Gasteiger partial charge on any atom is 0.220 e. The number of oxime groups is 1. The lowest BCUT2D eigenvalue weighted by Gasteiger charge is -2.19. The van der Waals surface area contributed by atoms with Crippen LogP contribution in [0.2, 0.25) is 0 Å². The van der Waals surface area contributed by atoms with E-state index in [1.54, 1.807) is 0 Å². The second-order valence-corrected chi connectivity index (χ2v) is 4.91. The summed E-state index contributed by atoms with van der Waals surface area (Å²) in [5.74, 6) is -0.0322. The molecule has 0 aliphatic heterocycles. The highest BCUT2D eigenvalue weighted by molar-refractivity contribution is 6.02. The molecule has 0 aromatic carbocycles. The third kappa shape index (κ3) is 3.23. The fraction of sp³-hybridized carbons (Fsp3) is 0.615. The number of anilines is 1. The van der Waals surface area contributed by atoms with E-state index in [-0.39, 0.29) is 31.7 Å². The SMILES string of the molecule is Cc1nc(N)nc2c1/C(=N/OCC(CO)CO)CCC2. The third-order valence-electron chi connectivity index (χ3n) is 3.30. The van der Waals surface area contributed by atoms with Crippen molar-refractivity contribution in [3.63, 3.8) is 0 Å². The van der Waals surface area contributed by atoms with Gasteiger partial charge in [-0.3, -0.25) is 0 Å². The Morgan fingerprint density at radius 2 is 2.05 bits per heavy atom. The van der Waals surface area contributed by atoms with E-state index in [4.69, 9.17) is 20.8 Å². The molecule has 0 fully saturated rings. The standard InChI is InChI=1S/C13H20N4O3/c1-8-12-10(16-13(14)15-8)3-2-4-11(12)17-20-7-9(5-18)6-19/h9,18-19H,2-7H2,1H3,(H2,14,15,16)/b17-11+. The summed E-state index contributed by atoms with van der Waals surface area (Å²) < 4.78 is 0. The first-order chi connectivity index (χ1) is 9.65. The molecule has 0 spiro atoms. The van der Waals surface area contributed by atoms with Gasteiger partial charge in [0.05, 0.1) is 30.3 Å². The molecule has 7 nitrogen and oxygen atoms in total. The van der Waals surface area contributed by atoms with Gasteiger partial charge < -0.3 is 20.8 Å². The van der Waals surface area contributed by atoms with Crippen LogP contribution in [0.1, 0.15) is 29.8 Å². The Bertz CT molecular complexity index is 501. The molecule has 0 atom stereocenters. The molecule has 1 aromatic heterocycles. The highest BCUT2D eigenvalue weighted by Crippen LogP contribution is 2.23. The van der Waals surface area contributed by atoms with Gasteiger partial charge in [-0.05, 0) is 26.2 Å². The minimum Gasteiger partial charge on any atom is -0.396 e. The number of aryl methyl sites for hydroxylation is 2. The number of hydrogen-bond donors (Lipinski definition) is 3. The molecule has 20 heavy (non-hydrogen) atoms. The van der Waals surface area contributed by atoms with Crippen molar-refractivity contribution >= 4 is 11.7 Å². The van der Waals surface area contributed by atoms with Crippen molar-refractivity contribution in [2.45, 2.75) is 26.2 Å². The molecule has 1 heterocycles. The quantitative estimate of drug-likeness (QED) is 0.655. The third-order valence-corrected chi connectivity index (χ3v) is 3.30. The average Bonchev–Trinajstić information content (AvgIpc) is 2.43. The zero-order chi connectivity index (χ0) is 14.5. The van der Waals surface area contributed by atoms with Crippen molar-refractivity contribution in [2.75, 3.05) is 25.6 Å². The van der Waals surface area contributed by atoms with Gasteiger partial charge in [-0.1, -0.05) is 5.16 Å². The van der Waals surface area contributed by atoms with Gasteiger partial charge in [-0.25, -0.2) is 9.97 Å². The fourth-order valence-electron chi connectivity index (χ4n) is 2.24. The van der Waals surface area contributed by atoms with E-state index in [2.05, 4.69) is 15.1 Å². The number of rotatable bonds is 5. The highest BCUT2D eigenvalue weighted by Gasteiger charge is 2.21. The Labute approximate surface area is 117 Å². The van der Waals surface area contributed by atoms with E-state index in [0.717, 1.165) is 41.9 Å². The molecule has 1 aliphatic carbocycles. The number of nitrogens with two attached hydrogens (primary N) is 1.